The molecule has 0 aliphatic carbocycles. The Morgan fingerprint density at radius 2 is 1.74 bits per heavy atom. The minimum Gasteiger partial charge on any atom is -0.476 e. The molecular formula is C20H22N2O5. The van der Waals surface area contributed by atoms with Gasteiger partial charge in [-0.2, -0.15) is 0 Å². The predicted molar refractivity (Wildman–Crippen MR) is 99.4 cm³/mol. The summed E-state index contributed by atoms with van der Waals surface area (Å²) in [7, 11) is 0. The average molecular weight is 370 g/mol. The van der Waals surface area contributed by atoms with Gasteiger partial charge < -0.3 is 14.8 Å². The minimum atomic E-state index is -1.06. The van der Waals surface area contributed by atoms with E-state index in [9.17, 15) is 14.4 Å². The standard InChI is InChI=1S/C20H22N2O5/c1-3-21-20(25)22-18(23)17(14-9-6-5-7-10-14)27-16-12-8-11-15(13-16)19(24)26-4-2/h5-13,17H,3-4H2,1-2H3,(H2,21,22,23,25)/t17-/m0/s1. The van der Waals surface area contributed by atoms with Crippen LogP contribution in [0.25, 0.3) is 0 Å². The Bertz CT molecular complexity index is 792. The van der Waals surface area contributed by atoms with E-state index in [0.29, 0.717) is 23.4 Å². The number of benzene rings is 2. The van der Waals surface area contributed by atoms with E-state index in [1.54, 1.807) is 56.3 Å². The van der Waals surface area contributed by atoms with Gasteiger partial charge in [-0.3, -0.25) is 10.1 Å². The second kappa shape index (κ2) is 9.96. The van der Waals surface area contributed by atoms with Crippen molar-refractivity contribution in [3.8, 4) is 5.75 Å². The summed E-state index contributed by atoms with van der Waals surface area (Å²) in [5.74, 6) is -0.792. The van der Waals surface area contributed by atoms with E-state index in [2.05, 4.69) is 10.6 Å². The Hall–Kier alpha value is -3.35. The molecule has 0 aliphatic rings. The van der Waals surface area contributed by atoms with Crippen LogP contribution in [0.3, 0.4) is 0 Å². The van der Waals surface area contributed by atoms with E-state index in [4.69, 9.17) is 9.47 Å². The Balaban J connectivity index is 2.24. The molecule has 1 atom stereocenters. The van der Waals surface area contributed by atoms with Crippen LogP contribution >= 0.6 is 0 Å². The zero-order valence-electron chi connectivity index (χ0n) is 15.2. The predicted octanol–water partition coefficient (Wildman–Crippen LogP) is 2.83. The number of amides is 3. The zero-order chi connectivity index (χ0) is 19.6. The minimum absolute atomic E-state index is 0.255. The Kier molecular flexibility index (Phi) is 7.37. The molecule has 0 radical (unpaired) electrons. The zero-order valence-corrected chi connectivity index (χ0v) is 15.2. The number of urea groups is 1. The maximum Gasteiger partial charge on any atom is 0.338 e. The summed E-state index contributed by atoms with van der Waals surface area (Å²) in [6.45, 7) is 4.11. The van der Waals surface area contributed by atoms with E-state index in [0.717, 1.165) is 0 Å². The third-order valence-corrected chi connectivity index (χ3v) is 3.51. The number of nitrogens with one attached hydrogen (secondary N) is 2. The van der Waals surface area contributed by atoms with E-state index in [-0.39, 0.29) is 6.61 Å². The number of esters is 1. The van der Waals surface area contributed by atoms with Gasteiger partial charge in [0, 0.05) is 12.1 Å². The largest absolute Gasteiger partial charge is 0.476 e. The van der Waals surface area contributed by atoms with Crippen LogP contribution in [0.1, 0.15) is 35.9 Å². The average Bonchev–Trinajstić information content (AvgIpc) is 2.67. The molecule has 0 saturated carbocycles. The van der Waals surface area contributed by atoms with Gasteiger partial charge in [-0.25, -0.2) is 9.59 Å². The number of imide groups is 1. The number of ether oxygens (including phenoxy) is 2. The molecule has 2 N–H and O–H groups in total. The van der Waals surface area contributed by atoms with Gasteiger partial charge in [0.2, 0.25) is 6.10 Å². The van der Waals surface area contributed by atoms with Gasteiger partial charge in [0.05, 0.1) is 12.2 Å². The highest BCUT2D eigenvalue weighted by Crippen LogP contribution is 2.23. The third-order valence-electron chi connectivity index (χ3n) is 3.51. The Morgan fingerprint density at radius 1 is 1.00 bits per heavy atom. The number of hydrogen-bond donors (Lipinski definition) is 2. The van der Waals surface area contributed by atoms with Gasteiger partial charge in [0.1, 0.15) is 5.75 Å². The molecule has 0 heterocycles. The first-order valence-corrected chi connectivity index (χ1v) is 8.62. The van der Waals surface area contributed by atoms with Crippen molar-refractivity contribution >= 4 is 17.9 Å². The highest BCUT2D eigenvalue weighted by molar-refractivity contribution is 5.97. The van der Waals surface area contributed by atoms with Gasteiger partial charge >= 0.3 is 12.0 Å². The lowest BCUT2D eigenvalue weighted by Gasteiger charge is -2.19. The first-order valence-electron chi connectivity index (χ1n) is 8.62. The van der Waals surface area contributed by atoms with Crippen molar-refractivity contribution in [3.05, 3.63) is 65.7 Å². The fourth-order valence-electron chi connectivity index (χ4n) is 2.33. The van der Waals surface area contributed by atoms with Crippen molar-refractivity contribution in [3.63, 3.8) is 0 Å². The lowest BCUT2D eigenvalue weighted by atomic mass is 10.1. The van der Waals surface area contributed by atoms with Crippen LogP contribution in [-0.4, -0.2) is 31.1 Å². The Morgan fingerprint density at radius 3 is 2.41 bits per heavy atom. The number of rotatable bonds is 7. The summed E-state index contributed by atoms with van der Waals surface area (Å²) in [4.78, 5) is 36.2. The highest BCUT2D eigenvalue weighted by atomic mass is 16.5. The number of carbonyl (C=O) groups excluding carboxylic acids is 3. The summed E-state index contributed by atoms with van der Waals surface area (Å²) in [5.41, 5.74) is 0.881. The van der Waals surface area contributed by atoms with E-state index in [1.165, 1.54) is 6.07 Å². The van der Waals surface area contributed by atoms with Crippen LogP contribution in [0.2, 0.25) is 0 Å². The van der Waals surface area contributed by atoms with Crippen LogP contribution in [0.15, 0.2) is 54.6 Å². The third kappa shape index (κ3) is 5.85. The van der Waals surface area contributed by atoms with Gasteiger partial charge in [-0.15, -0.1) is 0 Å². The van der Waals surface area contributed by atoms with Gasteiger partial charge in [-0.1, -0.05) is 36.4 Å². The van der Waals surface area contributed by atoms with Crippen molar-refractivity contribution in [1.29, 1.82) is 0 Å². The lowest BCUT2D eigenvalue weighted by Crippen LogP contribution is -2.42. The molecule has 142 valence electrons. The molecule has 0 aromatic heterocycles. The molecule has 0 spiro atoms. The van der Waals surface area contributed by atoms with Crippen molar-refractivity contribution < 1.29 is 23.9 Å². The molecule has 0 aliphatic heterocycles. The summed E-state index contributed by atoms with van der Waals surface area (Å²) in [6, 6.07) is 14.5. The molecule has 0 bridgehead atoms. The summed E-state index contributed by atoms with van der Waals surface area (Å²) in [6.07, 6.45) is -1.06. The molecule has 7 heteroatoms. The number of hydrogen-bond acceptors (Lipinski definition) is 5. The van der Waals surface area contributed by atoms with Gasteiger partial charge in [0.25, 0.3) is 5.91 Å². The molecule has 3 amide bonds. The monoisotopic (exact) mass is 370 g/mol. The maximum absolute atomic E-state index is 12.6. The smallest absolute Gasteiger partial charge is 0.338 e. The van der Waals surface area contributed by atoms with Crippen molar-refractivity contribution in [2.75, 3.05) is 13.2 Å². The summed E-state index contributed by atoms with van der Waals surface area (Å²) in [5, 5.41) is 4.75. The maximum atomic E-state index is 12.6. The molecule has 2 aromatic rings. The molecule has 0 saturated heterocycles. The van der Waals surface area contributed by atoms with Crippen LogP contribution in [-0.2, 0) is 9.53 Å². The second-order valence-corrected chi connectivity index (χ2v) is 5.51. The fourth-order valence-corrected chi connectivity index (χ4v) is 2.33. The molecule has 0 unspecified atom stereocenters. The normalized spacial score (nSPS) is 11.2. The van der Waals surface area contributed by atoms with Gasteiger partial charge in [0.15, 0.2) is 0 Å². The molecule has 27 heavy (non-hydrogen) atoms. The quantitative estimate of drug-likeness (QED) is 0.731. The Labute approximate surface area is 157 Å². The first kappa shape index (κ1) is 20.0. The van der Waals surface area contributed by atoms with Crippen molar-refractivity contribution in [2.45, 2.75) is 20.0 Å². The van der Waals surface area contributed by atoms with E-state index < -0.39 is 24.0 Å². The number of carbonyl (C=O) groups is 3. The fraction of sp³-hybridized carbons (Fsp3) is 0.250. The lowest BCUT2D eigenvalue weighted by molar-refractivity contribution is -0.127. The van der Waals surface area contributed by atoms with Crippen LogP contribution in [0, 0.1) is 0 Å². The van der Waals surface area contributed by atoms with Crippen LogP contribution in [0.5, 0.6) is 5.75 Å². The van der Waals surface area contributed by atoms with Crippen LogP contribution in [0.4, 0.5) is 4.79 Å². The summed E-state index contributed by atoms with van der Waals surface area (Å²) >= 11 is 0. The molecule has 7 nitrogen and oxygen atoms in total. The van der Waals surface area contributed by atoms with Crippen molar-refractivity contribution in [1.82, 2.24) is 10.6 Å². The highest BCUT2D eigenvalue weighted by Gasteiger charge is 2.24. The van der Waals surface area contributed by atoms with E-state index in [1.807, 2.05) is 6.07 Å². The van der Waals surface area contributed by atoms with Crippen molar-refractivity contribution in [2.24, 2.45) is 0 Å². The summed E-state index contributed by atoms with van der Waals surface area (Å²) < 4.78 is 10.8. The van der Waals surface area contributed by atoms with Gasteiger partial charge in [-0.05, 0) is 32.0 Å². The van der Waals surface area contributed by atoms with Crippen LogP contribution < -0.4 is 15.4 Å². The van der Waals surface area contributed by atoms with E-state index >= 15 is 0 Å². The second-order valence-electron chi connectivity index (χ2n) is 5.51. The first-order chi connectivity index (χ1) is 13.0. The SMILES string of the molecule is CCNC(=O)NC(=O)[C@@H](Oc1cccc(C(=O)OCC)c1)c1ccccc1. The molecular weight excluding hydrogens is 348 g/mol. The molecule has 0 fully saturated rings. The molecule has 2 rings (SSSR count). The topological polar surface area (TPSA) is 93.7 Å². The molecule has 2 aromatic carbocycles.